The van der Waals surface area contributed by atoms with E-state index in [1.54, 1.807) is 4.90 Å². The normalized spacial score (nSPS) is 17.6. The smallest absolute Gasteiger partial charge is 0.410 e. The zero-order valence-corrected chi connectivity index (χ0v) is 13.6. The highest BCUT2D eigenvalue weighted by atomic mass is 16.6. The summed E-state index contributed by atoms with van der Waals surface area (Å²) in [5.41, 5.74) is 0.605. The maximum atomic E-state index is 12.1. The van der Waals surface area contributed by atoms with E-state index >= 15 is 0 Å². The number of hydrogen-bond acceptors (Lipinski definition) is 3. The van der Waals surface area contributed by atoms with Gasteiger partial charge in [0.25, 0.3) is 0 Å². The molecule has 22 heavy (non-hydrogen) atoms. The number of hydrogen-bond donors (Lipinski definition) is 0. The fourth-order valence-electron chi connectivity index (χ4n) is 2.85. The summed E-state index contributed by atoms with van der Waals surface area (Å²) in [4.78, 5) is 13.8. The van der Waals surface area contributed by atoms with E-state index < -0.39 is 5.60 Å². The molecule has 0 aromatic heterocycles. The van der Waals surface area contributed by atoms with Crippen LogP contribution in [0.2, 0.25) is 0 Å². The van der Waals surface area contributed by atoms with E-state index in [0.29, 0.717) is 19.0 Å². The second kappa shape index (κ2) is 6.83. The summed E-state index contributed by atoms with van der Waals surface area (Å²) in [6.45, 7) is 6.94. The van der Waals surface area contributed by atoms with Crippen LogP contribution in [-0.4, -0.2) is 29.7 Å². The van der Waals surface area contributed by atoms with Crippen molar-refractivity contribution < 1.29 is 9.53 Å². The zero-order valence-electron chi connectivity index (χ0n) is 13.6. The summed E-state index contributed by atoms with van der Waals surface area (Å²) in [6, 6.07) is 12.3. The van der Waals surface area contributed by atoms with Gasteiger partial charge in [0.05, 0.1) is 12.0 Å². The summed E-state index contributed by atoms with van der Waals surface area (Å²) < 4.78 is 5.41. The standard InChI is InChI=1S/C18H24N2O2/c1-18(2,3)22-17(21)20-11-9-15(10-12-20)16(13-19)14-7-5-4-6-8-14/h4-8,15-16H,9-12H2,1-3H3. The van der Waals surface area contributed by atoms with Crippen molar-refractivity contribution in [3.8, 4) is 6.07 Å². The Bertz CT molecular complexity index is 534. The number of rotatable bonds is 2. The lowest BCUT2D eigenvalue weighted by molar-refractivity contribution is 0.0180. The molecular formula is C18H24N2O2. The van der Waals surface area contributed by atoms with E-state index in [1.807, 2.05) is 51.1 Å². The number of piperidine rings is 1. The second-order valence-electron chi connectivity index (χ2n) is 6.82. The zero-order chi connectivity index (χ0) is 16.2. The number of nitrogens with zero attached hydrogens (tertiary/aromatic N) is 2. The Morgan fingerprint density at radius 1 is 1.27 bits per heavy atom. The Labute approximate surface area is 132 Å². The number of ether oxygens (including phenoxy) is 1. The van der Waals surface area contributed by atoms with Crippen molar-refractivity contribution in [3.05, 3.63) is 35.9 Å². The van der Waals surface area contributed by atoms with Gasteiger partial charge in [0.2, 0.25) is 0 Å². The number of carbonyl (C=O) groups excluding carboxylic acids is 1. The molecule has 0 aliphatic carbocycles. The quantitative estimate of drug-likeness (QED) is 0.831. The summed E-state index contributed by atoms with van der Waals surface area (Å²) in [7, 11) is 0. The molecule has 1 amide bonds. The predicted molar refractivity (Wildman–Crippen MR) is 85.3 cm³/mol. The van der Waals surface area contributed by atoms with E-state index in [-0.39, 0.29) is 12.0 Å². The van der Waals surface area contributed by atoms with Crippen LogP contribution in [0.4, 0.5) is 4.79 Å². The molecule has 1 atom stereocenters. The first kappa shape index (κ1) is 16.4. The van der Waals surface area contributed by atoms with Gasteiger partial charge in [0.15, 0.2) is 0 Å². The molecule has 1 aromatic rings. The molecule has 1 unspecified atom stereocenters. The molecule has 1 aliphatic rings. The SMILES string of the molecule is CC(C)(C)OC(=O)N1CCC(C(C#N)c2ccccc2)CC1. The number of nitriles is 1. The first-order valence-corrected chi connectivity index (χ1v) is 7.83. The summed E-state index contributed by atoms with van der Waals surface area (Å²) in [6.07, 6.45) is 1.43. The highest BCUT2D eigenvalue weighted by molar-refractivity contribution is 5.68. The minimum absolute atomic E-state index is 0.0954. The lowest BCUT2D eigenvalue weighted by Crippen LogP contribution is -2.42. The molecular weight excluding hydrogens is 276 g/mol. The van der Waals surface area contributed by atoms with Crippen LogP contribution < -0.4 is 0 Å². The monoisotopic (exact) mass is 300 g/mol. The van der Waals surface area contributed by atoms with Crippen molar-refractivity contribution in [3.63, 3.8) is 0 Å². The average Bonchev–Trinajstić information content (AvgIpc) is 2.48. The maximum absolute atomic E-state index is 12.1. The molecule has 4 nitrogen and oxygen atoms in total. The molecule has 2 rings (SSSR count). The van der Waals surface area contributed by atoms with Crippen molar-refractivity contribution in [2.24, 2.45) is 5.92 Å². The van der Waals surface area contributed by atoms with Crippen molar-refractivity contribution >= 4 is 6.09 Å². The predicted octanol–water partition coefficient (Wildman–Crippen LogP) is 3.94. The highest BCUT2D eigenvalue weighted by Gasteiger charge is 2.31. The Morgan fingerprint density at radius 3 is 2.36 bits per heavy atom. The van der Waals surface area contributed by atoms with Gasteiger partial charge in [0, 0.05) is 13.1 Å². The van der Waals surface area contributed by atoms with Crippen molar-refractivity contribution in [1.29, 1.82) is 5.26 Å². The molecule has 118 valence electrons. The average molecular weight is 300 g/mol. The maximum Gasteiger partial charge on any atom is 0.410 e. The van der Waals surface area contributed by atoms with Gasteiger partial charge in [-0.05, 0) is 45.1 Å². The summed E-state index contributed by atoms with van der Waals surface area (Å²) in [5, 5.41) is 9.50. The second-order valence-corrected chi connectivity index (χ2v) is 6.82. The van der Waals surface area contributed by atoms with E-state index in [1.165, 1.54) is 0 Å². The molecule has 1 fully saturated rings. The Kier molecular flexibility index (Phi) is 5.07. The van der Waals surface area contributed by atoms with Crippen LogP contribution in [0.3, 0.4) is 0 Å². The van der Waals surface area contributed by atoms with Gasteiger partial charge in [0.1, 0.15) is 5.60 Å². The minimum Gasteiger partial charge on any atom is -0.444 e. The lowest BCUT2D eigenvalue weighted by Gasteiger charge is -2.35. The first-order valence-electron chi connectivity index (χ1n) is 7.83. The molecule has 1 aromatic carbocycles. The molecule has 0 bridgehead atoms. The Balaban J connectivity index is 1.94. The van der Waals surface area contributed by atoms with Crippen LogP contribution in [0.1, 0.15) is 45.1 Å². The number of carbonyl (C=O) groups is 1. The number of benzene rings is 1. The van der Waals surface area contributed by atoms with Gasteiger partial charge in [-0.1, -0.05) is 30.3 Å². The minimum atomic E-state index is -0.465. The van der Waals surface area contributed by atoms with Crippen LogP contribution in [0, 0.1) is 17.2 Å². The number of amides is 1. The van der Waals surface area contributed by atoms with E-state index in [2.05, 4.69) is 6.07 Å². The van der Waals surface area contributed by atoms with Crippen LogP contribution in [0.15, 0.2) is 30.3 Å². The molecule has 0 radical (unpaired) electrons. The van der Waals surface area contributed by atoms with Gasteiger partial charge in [-0.15, -0.1) is 0 Å². The third kappa shape index (κ3) is 4.24. The Morgan fingerprint density at radius 2 is 1.86 bits per heavy atom. The van der Waals surface area contributed by atoms with Crippen molar-refractivity contribution in [2.45, 2.75) is 45.1 Å². The van der Waals surface area contributed by atoms with E-state index in [9.17, 15) is 10.1 Å². The van der Waals surface area contributed by atoms with Gasteiger partial charge in [-0.3, -0.25) is 0 Å². The molecule has 1 aliphatic heterocycles. The molecule has 0 saturated carbocycles. The highest BCUT2D eigenvalue weighted by Crippen LogP contribution is 2.32. The van der Waals surface area contributed by atoms with Gasteiger partial charge in [-0.25, -0.2) is 4.79 Å². The molecule has 1 saturated heterocycles. The lowest BCUT2D eigenvalue weighted by atomic mass is 9.81. The molecule has 0 spiro atoms. The topological polar surface area (TPSA) is 53.3 Å². The van der Waals surface area contributed by atoms with Crippen LogP contribution in [0.5, 0.6) is 0 Å². The Hall–Kier alpha value is -2.02. The number of likely N-dealkylation sites (tertiary alicyclic amines) is 1. The van der Waals surface area contributed by atoms with Crippen LogP contribution in [-0.2, 0) is 4.74 Å². The molecule has 1 heterocycles. The largest absolute Gasteiger partial charge is 0.444 e. The van der Waals surface area contributed by atoms with Gasteiger partial charge >= 0.3 is 6.09 Å². The fraction of sp³-hybridized carbons (Fsp3) is 0.556. The van der Waals surface area contributed by atoms with E-state index in [4.69, 9.17) is 4.74 Å². The third-order valence-corrected chi connectivity index (χ3v) is 3.96. The molecule has 4 heteroatoms. The van der Waals surface area contributed by atoms with Crippen LogP contribution in [0.25, 0.3) is 0 Å². The van der Waals surface area contributed by atoms with Gasteiger partial charge in [-0.2, -0.15) is 5.26 Å². The van der Waals surface area contributed by atoms with E-state index in [0.717, 1.165) is 18.4 Å². The van der Waals surface area contributed by atoms with Gasteiger partial charge < -0.3 is 9.64 Å². The summed E-state index contributed by atoms with van der Waals surface area (Å²) >= 11 is 0. The fourth-order valence-corrected chi connectivity index (χ4v) is 2.85. The molecule has 0 N–H and O–H groups in total. The van der Waals surface area contributed by atoms with Crippen LogP contribution >= 0.6 is 0 Å². The van der Waals surface area contributed by atoms with Crippen molar-refractivity contribution in [1.82, 2.24) is 4.90 Å². The third-order valence-electron chi connectivity index (χ3n) is 3.96. The van der Waals surface area contributed by atoms with Crippen molar-refractivity contribution in [2.75, 3.05) is 13.1 Å². The summed E-state index contributed by atoms with van der Waals surface area (Å²) in [5.74, 6) is 0.202. The first-order chi connectivity index (χ1) is 10.4.